The van der Waals surface area contributed by atoms with Gasteiger partial charge in [0, 0.05) is 12.6 Å². The van der Waals surface area contributed by atoms with Gasteiger partial charge in [-0.05, 0) is 44.3 Å². The van der Waals surface area contributed by atoms with E-state index in [0.717, 1.165) is 0 Å². The first kappa shape index (κ1) is 17.0. The standard InChI is InChI=1S/C16H23N3O2/c1-12(2)15(19(3)4)10-18-16(20)11-21-14-7-5-13(9-17)6-8-14/h5-8,12,15H,10-11H2,1-4H3,(H,18,20). The normalized spacial score (nSPS) is 12.0. The maximum Gasteiger partial charge on any atom is 0.257 e. The third kappa shape index (κ3) is 5.84. The number of nitriles is 1. The van der Waals surface area contributed by atoms with Crippen LogP contribution in [0.1, 0.15) is 19.4 Å². The number of benzene rings is 1. The molecule has 0 aliphatic carbocycles. The number of carbonyl (C=O) groups is 1. The highest BCUT2D eigenvalue weighted by atomic mass is 16.5. The summed E-state index contributed by atoms with van der Waals surface area (Å²) in [6.45, 7) is 4.83. The molecule has 0 bridgehead atoms. The van der Waals surface area contributed by atoms with Crippen LogP contribution < -0.4 is 10.1 Å². The molecule has 5 heteroatoms. The smallest absolute Gasteiger partial charge is 0.257 e. The lowest BCUT2D eigenvalue weighted by atomic mass is 10.0. The van der Waals surface area contributed by atoms with E-state index in [-0.39, 0.29) is 12.5 Å². The summed E-state index contributed by atoms with van der Waals surface area (Å²) in [5, 5.41) is 11.6. The predicted molar refractivity (Wildman–Crippen MR) is 82.0 cm³/mol. The number of likely N-dealkylation sites (N-methyl/N-ethyl adjacent to an activating group) is 1. The van der Waals surface area contributed by atoms with E-state index in [9.17, 15) is 4.79 Å². The molecule has 114 valence electrons. The average Bonchev–Trinajstić information content (AvgIpc) is 2.45. The molecule has 5 nitrogen and oxygen atoms in total. The largest absolute Gasteiger partial charge is 0.484 e. The summed E-state index contributed by atoms with van der Waals surface area (Å²) in [5.74, 6) is 0.892. The molecule has 1 N–H and O–H groups in total. The van der Waals surface area contributed by atoms with Crippen LogP contribution in [-0.4, -0.2) is 44.1 Å². The van der Waals surface area contributed by atoms with Crippen LogP contribution >= 0.6 is 0 Å². The summed E-state index contributed by atoms with van der Waals surface area (Å²) in [5.41, 5.74) is 0.567. The van der Waals surface area contributed by atoms with Gasteiger partial charge in [0.15, 0.2) is 6.61 Å². The van der Waals surface area contributed by atoms with Crippen LogP contribution in [0.5, 0.6) is 5.75 Å². The summed E-state index contributed by atoms with van der Waals surface area (Å²) in [6.07, 6.45) is 0. The second kappa shape index (κ2) is 8.28. The molecule has 0 spiro atoms. The Labute approximate surface area is 126 Å². The third-order valence-electron chi connectivity index (χ3n) is 3.29. The fourth-order valence-corrected chi connectivity index (χ4v) is 2.06. The molecular formula is C16H23N3O2. The lowest BCUT2D eigenvalue weighted by Gasteiger charge is -2.28. The van der Waals surface area contributed by atoms with Crippen LogP contribution in [0.15, 0.2) is 24.3 Å². The molecule has 0 saturated carbocycles. The third-order valence-corrected chi connectivity index (χ3v) is 3.29. The summed E-state index contributed by atoms with van der Waals surface area (Å²) in [7, 11) is 4.01. The predicted octanol–water partition coefficient (Wildman–Crippen LogP) is 1.64. The molecule has 1 amide bonds. The molecule has 0 fully saturated rings. The van der Waals surface area contributed by atoms with Crippen molar-refractivity contribution in [3.8, 4) is 11.8 Å². The highest BCUT2D eigenvalue weighted by Gasteiger charge is 2.16. The zero-order valence-electron chi connectivity index (χ0n) is 13.1. The van der Waals surface area contributed by atoms with Crippen molar-refractivity contribution in [1.29, 1.82) is 5.26 Å². The van der Waals surface area contributed by atoms with Gasteiger partial charge in [-0.25, -0.2) is 0 Å². The highest BCUT2D eigenvalue weighted by Crippen LogP contribution is 2.11. The van der Waals surface area contributed by atoms with Crippen LogP contribution in [0.3, 0.4) is 0 Å². The van der Waals surface area contributed by atoms with Crippen molar-refractivity contribution in [2.45, 2.75) is 19.9 Å². The monoisotopic (exact) mass is 289 g/mol. The molecule has 21 heavy (non-hydrogen) atoms. The quantitative estimate of drug-likeness (QED) is 0.828. The van der Waals surface area contributed by atoms with Crippen LogP contribution in [0, 0.1) is 17.2 Å². The zero-order chi connectivity index (χ0) is 15.8. The zero-order valence-corrected chi connectivity index (χ0v) is 13.1. The minimum absolute atomic E-state index is 0.0237. The van der Waals surface area contributed by atoms with E-state index >= 15 is 0 Å². The highest BCUT2D eigenvalue weighted by molar-refractivity contribution is 5.77. The van der Waals surface area contributed by atoms with Gasteiger partial charge in [-0.3, -0.25) is 4.79 Å². The number of amides is 1. The molecule has 0 aliphatic rings. The van der Waals surface area contributed by atoms with Crippen LogP contribution in [0.2, 0.25) is 0 Å². The van der Waals surface area contributed by atoms with Crippen LogP contribution in [0.25, 0.3) is 0 Å². The molecule has 0 aliphatic heterocycles. The van der Waals surface area contributed by atoms with Gasteiger partial charge in [-0.2, -0.15) is 5.26 Å². The van der Waals surface area contributed by atoms with Crippen molar-refractivity contribution in [3.05, 3.63) is 29.8 Å². The second-order valence-electron chi connectivity index (χ2n) is 5.50. The maximum absolute atomic E-state index is 11.8. The van der Waals surface area contributed by atoms with Crippen molar-refractivity contribution < 1.29 is 9.53 Å². The van der Waals surface area contributed by atoms with Gasteiger partial charge in [0.1, 0.15) is 5.75 Å². The summed E-state index contributed by atoms with van der Waals surface area (Å²) < 4.78 is 5.39. The SMILES string of the molecule is CC(C)C(CNC(=O)COc1ccc(C#N)cc1)N(C)C. The Morgan fingerprint density at radius 3 is 2.43 bits per heavy atom. The van der Waals surface area contributed by atoms with E-state index in [4.69, 9.17) is 10.00 Å². The Bertz CT molecular complexity index is 481. The summed E-state index contributed by atoms with van der Waals surface area (Å²) >= 11 is 0. The van der Waals surface area contributed by atoms with E-state index in [0.29, 0.717) is 29.8 Å². The molecule has 1 rings (SSSR count). The average molecular weight is 289 g/mol. The molecule has 1 aromatic rings. The van der Waals surface area contributed by atoms with Crippen molar-refractivity contribution >= 4 is 5.91 Å². The first-order chi connectivity index (χ1) is 9.93. The molecule has 0 saturated heterocycles. The fourth-order valence-electron chi connectivity index (χ4n) is 2.06. The van der Waals surface area contributed by atoms with E-state index < -0.39 is 0 Å². The first-order valence-electron chi connectivity index (χ1n) is 7.00. The molecule has 0 heterocycles. The lowest BCUT2D eigenvalue weighted by Crippen LogP contribution is -2.44. The van der Waals surface area contributed by atoms with E-state index in [2.05, 4.69) is 24.1 Å². The summed E-state index contributed by atoms with van der Waals surface area (Å²) in [4.78, 5) is 13.9. The van der Waals surface area contributed by atoms with Crippen LogP contribution in [-0.2, 0) is 4.79 Å². The number of hydrogen-bond donors (Lipinski definition) is 1. The Morgan fingerprint density at radius 2 is 1.95 bits per heavy atom. The summed E-state index contributed by atoms with van der Waals surface area (Å²) in [6, 6.07) is 9.02. The van der Waals surface area contributed by atoms with Gasteiger partial charge < -0.3 is 15.0 Å². The van der Waals surface area contributed by atoms with Crippen molar-refractivity contribution in [2.75, 3.05) is 27.2 Å². The molecule has 1 atom stereocenters. The Balaban J connectivity index is 2.38. The Hall–Kier alpha value is -2.06. The van der Waals surface area contributed by atoms with Crippen molar-refractivity contribution in [3.63, 3.8) is 0 Å². The van der Waals surface area contributed by atoms with E-state index in [1.54, 1.807) is 24.3 Å². The van der Waals surface area contributed by atoms with Gasteiger partial charge in [0.25, 0.3) is 5.91 Å². The first-order valence-corrected chi connectivity index (χ1v) is 7.00. The molecule has 1 unspecified atom stereocenters. The fraction of sp³-hybridized carbons (Fsp3) is 0.500. The number of ether oxygens (including phenoxy) is 1. The van der Waals surface area contributed by atoms with Crippen molar-refractivity contribution in [1.82, 2.24) is 10.2 Å². The van der Waals surface area contributed by atoms with Gasteiger partial charge >= 0.3 is 0 Å². The minimum Gasteiger partial charge on any atom is -0.484 e. The number of rotatable bonds is 7. The van der Waals surface area contributed by atoms with E-state index in [1.807, 2.05) is 20.2 Å². The number of carbonyl (C=O) groups excluding carboxylic acids is 1. The number of hydrogen-bond acceptors (Lipinski definition) is 4. The molecule has 1 aromatic carbocycles. The molecule has 0 aromatic heterocycles. The van der Waals surface area contributed by atoms with Crippen molar-refractivity contribution in [2.24, 2.45) is 5.92 Å². The Morgan fingerprint density at radius 1 is 1.33 bits per heavy atom. The van der Waals surface area contributed by atoms with Gasteiger partial charge in [-0.15, -0.1) is 0 Å². The van der Waals surface area contributed by atoms with Gasteiger partial charge in [0.2, 0.25) is 0 Å². The van der Waals surface area contributed by atoms with Gasteiger partial charge in [-0.1, -0.05) is 13.8 Å². The lowest BCUT2D eigenvalue weighted by molar-refractivity contribution is -0.123. The van der Waals surface area contributed by atoms with Crippen LogP contribution in [0.4, 0.5) is 0 Å². The van der Waals surface area contributed by atoms with E-state index in [1.165, 1.54) is 0 Å². The Kier molecular flexibility index (Phi) is 6.70. The molecule has 0 radical (unpaired) electrons. The van der Waals surface area contributed by atoms with Gasteiger partial charge in [0.05, 0.1) is 11.6 Å². The molecular weight excluding hydrogens is 266 g/mol. The number of nitrogens with one attached hydrogen (secondary N) is 1. The maximum atomic E-state index is 11.8. The topological polar surface area (TPSA) is 65.4 Å². The number of nitrogens with zero attached hydrogens (tertiary/aromatic N) is 2. The second-order valence-corrected chi connectivity index (χ2v) is 5.50. The minimum atomic E-state index is -0.146.